The third-order valence-corrected chi connectivity index (χ3v) is 7.20. The lowest BCUT2D eigenvalue weighted by molar-refractivity contribution is 0.0694. The van der Waals surface area contributed by atoms with Crippen LogP contribution in [0.4, 0.5) is 10.1 Å². The van der Waals surface area contributed by atoms with Crippen molar-refractivity contribution in [2.45, 2.75) is 51.0 Å². The van der Waals surface area contributed by atoms with Gasteiger partial charge in [-0.05, 0) is 12.5 Å². The van der Waals surface area contributed by atoms with Crippen LogP contribution >= 0.6 is 11.6 Å². The Balaban J connectivity index is 1.60. The highest BCUT2D eigenvalue weighted by Gasteiger charge is 2.42. The van der Waals surface area contributed by atoms with Crippen molar-refractivity contribution in [2.24, 2.45) is 5.92 Å². The fourth-order valence-electron chi connectivity index (χ4n) is 5.20. The van der Waals surface area contributed by atoms with Gasteiger partial charge in [-0.1, -0.05) is 25.4 Å². The molecule has 0 amide bonds. The van der Waals surface area contributed by atoms with Crippen molar-refractivity contribution in [3.05, 3.63) is 51.4 Å². The van der Waals surface area contributed by atoms with E-state index in [1.165, 1.54) is 23.9 Å². The summed E-state index contributed by atoms with van der Waals surface area (Å²) >= 11 is 6.72. The van der Waals surface area contributed by atoms with Gasteiger partial charge in [0, 0.05) is 37.7 Å². The van der Waals surface area contributed by atoms with Gasteiger partial charge < -0.3 is 29.0 Å². The third-order valence-electron chi connectivity index (χ3n) is 6.91. The first-order valence-electron chi connectivity index (χ1n) is 11.9. The molecule has 0 radical (unpaired) electrons. The van der Waals surface area contributed by atoms with E-state index >= 15 is 0 Å². The number of anilines is 1. The maximum Gasteiger partial charge on any atom is 0.341 e. The van der Waals surface area contributed by atoms with Crippen molar-refractivity contribution in [3.63, 3.8) is 0 Å². The average molecular weight is 519 g/mol. The van der Waals surface area contributed by atoms with E-state index in [-0.39, 0.29) is 34.8 Å². The van der Waals surface area contributed by atoms with E-state index in [4.69, 9.17) is 20.8 Å². The highest BCUT2D eigenvalue weighted by atomic mass is 35.5. The molecule has 1 saturated carbocycles. The van der Waals surface area contributed by atoms with Crippen LogP contribution in [0.2, 0.25) is 5.02 Å². The largest absolute Gasteiger partial charge is 0.492 e. The molecule has 4 unspecified atom stereocenters. The molecule has 3 aromatic rings. The summed E-state index contributed by atoms with van der Waals surface area (Å²) in [6.45, 7) is 5.40. The predicted molar refractivity (Wildman–Crippen MR) is 133 cm³/mol. The summed E-state index contributed by atoms with van der Waals surface area (Å²) in [6.07, 6.45) is 4.34. The fourth-order valence-corrected chi connectivity index (χ4v) is 5.52. The summed E-state index contributed by atoms with van der Waals surface area (Å²) in [7, 11) is 1.47. The molecular formula is C25H28ClFN4O5. The molecule has 2 aromatic heterocycles. The van der Waals surface area contributed by atoms with E-state index in [9.17, 15) is 19.1 Å². The van der Waals surface area contributed by atoms with Crippen LogP contribution in [0, 0.1) is 5.92 Å². The number of halogens is 2. The number of carbonyl (C=O) groups is 1. The molecule has 5 rings (SSSR count). The van der Waals surface area contributed by atoms with Gasteiger partial charge in [-0.2, -0.15) is 0 Å². The minimum absolute atomic E-state index is 0.0921. The van der Waals surface area contributed by atoms with Crippen molar-refractivity contribution < 1.29 is 23.4 Å². The second kappa shape index (κ2) is 9.40. The van der Waals surface area contributed by atoms with Crippen LogP contribution < -0.4 is 20.4 Å². The van der Waals surface area contributed by atoms with E-state index in [0.29, 0.717) is 35.9 Å². The molecule has 2 aliphatic rings. The van der Waals surface area contributed by atoms with Gasteiger partial charge in [-0.3, -0.25) is 4.79 Å². The number of nitrogens with zero attached hydrogens (tertiary/aromatic N) is 3. The van der Waals surface area contributed by atoms with E-state index in [1.54, 1.807) is 12.5 Å². The van der Waals surface area contributed by atoms with Crippen LogP contribution in [-0.2, 0) is 0 Å². The lowest BCUT2D eigenvalue weighted by atomic mass is 9.98. The topological polar surface area (TPSA) is 110 Å². The number of methoxy groups -OCH3 is 1. The molecule has 2 N–H and O–H groups in total. The molecule has 11 heteroatoms. The summed E-state index contributed by atoms with van der Waals surface area (Å²) in [5, 5.41) is 13.5. The summed E-state index contributed by atoms with van der Waals surface area (Å²) in [5.41, 5.74) is -0.162. The Morgan fingerprint density at radius 2 is 2.17 bits per heavy atom. The average Bonchev–Trinajstić information content (AvgIpc) is 3.23. The Hall–Kier alpha value is -3.11. The first-order valence-corrected chi connectivity index (χ1v) is 12.3. The minimum atomic E-state index is -1.37. The van der Waals surface area contributed by atoms with Gasteiger partial charge in [0.15, 0.2) is 5.75 Å². The second-order valence-corrected chi connectivity index (χ2v) is 10.1. The summed E-state index contributed by atoms with van der Waals surface area (Å²) in [5.74, 6) is -0.276. The molecule has 36 heavy (non-hydrogen) atoms. The smallest absolute Gasteiger partial charge is 0.341 e. The number of pyridine rings is 1. The van der Waals surface area contributed by atoms with Gasteiger partial charge in [-0.25, -0.2) is 14.2 Å². The SMILES string of the molecule is COc1c(N2CCC(C(NC(C)C)c3ncco3)C2)c(Cl)cc2c(=O)c(C(=O)O)cn(C3CC3F)c12. The van der Waals surface area contributed by atoms with Crippen LogP contribution in [0.15, 0.2) is 33.9 Å². The number of hydrogen-bond acceptors (Lipinski definition) is 7. The number of carboxylic acids is 1. The van der Waals surface area contributed by atoms with Crippen molar-refractivity contribution in [3.8, 4) is 5.75 Å². The first-order chi connectivity index (χ1) is 17.2. The number of benzene rings is 1. The molecule has 0 bridgehead atoms. The molecule has 9 nitrogen and oxygen atoms in total. The Bertz CT molecular complexity index is 1360. The van der Waals surface area contributed by atoms with Gasteiger partial charge in [0.1, 0.15) is 23.7 Å². The molecule has 192 valence electrons. The molecule has 4 atom stereocenters. The van der Waals surface area contributed by atoms with Gasteiger partial charge in [-0.15, -0.1) is 0 Å². The van der Waals surface area contributed by atoms with E-state index in [1.807, 2.05) is 0 Å². The molecular weight excluding hydrogens is 491 g/mol. The maximum absolute atomic E-state index is 14.2. The minimum Gasteiger partial charge on any atom is -0.492 e. The number of aromatic nitrogens is 2. The number of alkyl halides is 1. The zero-order valence-electron chi connectivity index (χ0n) is 20.2. The maximum atomic E-state index is 14.2. The summed E-state index contributed by atoms with van der Waals surface area (Å²) in [6, 6.07) is 1.01. The van der Waals surface area contributed by atoms with Gasteiger partial charge >= 0.3 is 5.97 Å². The number of nitrogens with one attached hydrogen (secondary N) is 1. The molecule has 1 aromatic carbocycles. The third kappa shape index (κ3) is 4.22. The molecule has 2 fully saturated rings. The van der Waals surface area contributed by atoms with Crippen LogP contribution in [0.25, 0.3) is 10.9 Å². The zero-order chi connectivity index (χ0) is 25.7. The number of carboxylic acid groups (broad SMARTS) is 1. The second-order valence-electron chi connectivity index (χ2n) is 9.70. The zero-order valence-corrected chi connectivity index (χ0v) is 21.0. The molecule has 1 aliphatic carbocycles. The fraction of sp³-hybridized carbons (Fsp3) is 0.480. The Morgan fingerprint density at radius 3 is 2.75 bits per heavy atom. The highest BCUT2D eigenvalue weighted by Crippen LogP contribution is 2.48. The van der Waals surface area contributed by atoms with Crippen LogP contribution in [-0.4, -0.2) is 53.0 Å². The quantitative estimate of drug-likeness (QED) is 0.456. The lowest BCUT2D eigenvalue weighted by Crippen LogP contribution is -2.35. The van der Waals surface area contributed by atoms with Gasteiger partial charge in [0.25, 0.3) is 0 Å². The Kier molecular flexibility index (Phi) is 6.42. The molecule has 1 saturated heterocycles. The number of oxazole rings is 1. The Morgan fingerprint density at radius 1 is 1.42 bits per heavy atom. The predicted octanol–water partition coefficient (Wildman–Crippen LogP) is 4.20. The highest BCUT2D eigenvalue weighted by molar-refractivity contribution is 6.35. The number of ether oxygens (including phenoxy) is 1. The number of rotatable bonds is 8. The number of aromatic carboxylic acids is 1. The number of hydrogen-bond donors (Lipinski definition) is 2. The molecule has 1 aliphatic heterocycles. The Labute approximate surface area is 211 Å². The van der Waals surface area contributed by atoms with Crippen molar-refractivity contribution >= 4 is 34.2 Å². The van der Waals surface area contributed by atoms with Crippen molar-refractivity contribution in [2.75, 3.05) is 25.1 Å². The van der Waals surface area contributed by atoms with Gasteiger partial charge in [0.2, 0.25) is 11.3 Å². The molecule has 3 heterocycles. The van der Waals surface area contributed by atoms with Crippen LogP contribution in [0.3, 0.4) is 0 Å². The molecule has 0 spiro atoms. The van der Waals surface area contributed by atoms with Gasteiger partial charge in [0.05, 0.1) is 41.3 Å². The number of fused-ring (bicyclic) bond motifs is 1. The first kappa shape index (κ1) is 24.6. The van der Waals surface area contributed by atoms with E-state index in [2.05, 4.69) is 29.0 Å². The summed E-state index contributed by atoms with van der Waals surface area (Å²) < 4.78 is 27.1. The van der Waals surface area contributed by atoms with Crippen LogP contribution in [0.5, 0.6) is 5.75 Å². The van der Waals surface area contributed by atoms with Crippen molar-refractivity contribution in [1.82, 2.24) is 14.9 Å². The van der Waals surface area contributed by atoms with Crippen LogP contribution in [0.1, 0.15) is 55.0 Å². The lowest BCUT2D eigenvalue weighted by Gasteiger charge is -2.27. The van der Waals surface area contributed by atoms with Crippen molar-refractivity contribution in [1.29, 1.82) is 0 Å². The summed E-state index contributed by atoms with van der Waals surface area (Å²) in [4.78, 5) is 31.2. The normalized spacial score (nSPS) is 22.4. The van der Waals surface area contributed by atoms with E-state index < -0.39 is 29.2 Å². The van der Waals surface area contributed by atoms with E-state index in [0.717, 1.165) is 6.42 Å². The standard InChI is InChI=1S/C25H28ClFN4O5/c1-12(2)29-19(24-28-5-7-36-24)13-4-6-30(10-13)21-16(26)8-14-20(23(21)35-3)31(18-9-17(18)27)11-15(22(14)32)25(33)34/h5,7-8,11-13,17-19,29H,4,6,9-10H2,1-3H3,(H,33,34). The monoisotopic (exact) mass is 518 g/mol.